The minimum absolute atomic E-state index is 0.902. The van der Waals surface area contributed by atoms with Crippen LogP contribution in [0.15, 0.2) is 199 Å². The summed E-state index contributed by atoms with van der Waals surface area (Å²) in [5.74, 6) is 0. The highest BCUT2D eigenvalue weighted by molar-refractivity contribution is 6.28. The molecule has 0 fully saturated rings. The van der Waals surface area contributed by atoms with Crippen LogP contribution >= 0.6 is 0 Å². The maximum atomic E-state index is 6.73. The van der Waals surface area contributed by atoms with Gasteiger partial charge in [-0.25, -0.2) is 0 Å². The van der Waals surface area contributed by atoms with Gasteiger partial charge in [-0.2, -0.15) is 0 Å². The van der Waals surface area contributed by atoms with Crippen molar-refractivity contribution in [3.8, 4) is 44.5 Å². The summed E-state index contributed by atoms with van der Waals surface area (Å²) >= 11 is 0. The lowest BCUT2D eigenvalue weighted by molar-refractivity contribution is 0.670. The number of fused-ring (bicyclic) bond motifs is 7. The third-order valence-corrected chi connectivity index (χ3v) is 11.1. The van der Waals surface area contributed by atoms with Crippen LogP contribution in [0.4, 0.5) is 0 Å². The molecule has 1 heterocycles. The summed E-state index contributed by atoms with van der Waals surface area (Å²) in [5.41, 5.74) is 11.4. The molecule has 0 unspecified atom stereocenters. The molecule has 0 bridgehead atoms. The molecule has 11 rings (SSSR count). The first-order chi connectivity index (χ1) is 26.3. The van der Waals surface area contributed by atoms with Crippen molar-refractivity contribution in [1.29, 1.82) is 0 Å². The average molecular weight is 673 g/mol. The summed E-state index contributed by atoms with van der Waals surface area (Å²) in [6, 6.07) is 70.6. The average Bonchev–Trinajstić information content (AvgIpc) is 3.61. The van der Waals surface area contributed by atoms with Crippen molar-refractivity contribution in [3.05, 3.63) is 194 Å². The second-order valence-corrected chi connectivity index (χ2v) is 13.9. The van der Waals surface area contributed by atoms with Gasteiger partial charge in [-0.1, -0.05) is 182 Å². The molecular weight excluding hydrogens is 641 g/mol. The van der Waals surface area contributed by atoms with Crippen molar-refractivity contribution in [2.75, 3.05) is 0 Å². The van der Waals surface area contributed by atoms with Gasteiger partial charge >= 0.3 is 0 Å². The van der Waals surface area contributed by atoms with Crippen molar-refractivity contribution in [3.63, 3.8) is 0 Å². The number of hydrogen-bond acceptors (Lipinski definition) is 1. The van der Waals surface area contributed by atoms with E-state index in [4.69, 9.17) is 4.42 Å². The van der Waals surface area contributed by atoms with Gasteiger partial charge in [0.25, 0.3) is 0 Å². The normalized spacial score (nSPS) is 11.8. The van der Waals surface area contributed by atoms with Gasteiger partial charge in [0.2, 0.25) is 0 Å². The lowest BCUT2D eigenvalue weighted by atomic mass is 9.80. The SMILES string of the molecule is c1ccc(-c2c3ccccc3c(-c3cccc4ccccc34)c3cccc(-c4cccc5c4oc4ccccc45)c23)c(-c2ccc3ccccc3c2)c1. The zero-order valence-electron chi connectivity index (χ0n) is 28.9. The van der Waals surface area contributed by atoms with Crippen LogP contribution in [-0.2, 0) is 0 Å². The first-order valence-corrected chi connectivity index (χ1v) is 18.3. The Hall–Kier alpha value is -6.96. The van der Waals surface area contributed by atoms with E-state index in [1.807, 2.05) is 6.07 Å². The molecule has 246 valence electrons. The minimum Gasteiger partial charge on any atom is -0.455 e. The fourth-order valence-corrected chi connectivity index (χ4v) is 8.74. The molecule has 0 N–H and O–H groups in total. The summed E-state index contributed by atoms with van der Waals surface area (Å²) in [4.78, 5) is 0. The molecule has 0 aliphatic heterocycles. The first-order valence-electron chi connectivity index (χ1n) is 18.3. The minimum atomic E-state index is 0.902. The molecule has 0 spiro atoms. The molecule has 1 heteroatoms. The van der Waals surface area contributed by atoms with E-state index in [1.54, 1.807) is 0 Å². The van der Waals surface area contributed by atoms with Gasteiger partial charge in [0.1, 0.15) is 11.2 Å². The molecule has 0 radical (unpaired) electrons. The summed E-state index contributed by atoms with van der Waals surface area (Å²) in [6.07, 6.45) is 0. The predicted molar refractivity (Wildman–Crippen MR) is 225 cm³/mol. The summed E-state index contributed by atoms with van der Waals surface area (Å²) in [7, 11) is 0. The van der Waals surface area contributed by atoms with Crippen molar-refractivity contribution < 1.29 is 4.42 Å². The van der Waals surface area contributed by atoms with Crippen LogP contribution in [0.5, 0.6) is 0 Å². The van der Waals surface area contributed by atoms with Gasteiger partial charge in [-0.3, -0.25) is 0 Å². The van der Waals surface area contributed by atoms with Gasteiger partial charge in [-0.15, -0.1) is 0 Å². The van der Waals surface area contributed by atoms with Gasteiger partial charge < -0.3 is 4.42 Å². The number of para-hydroxylation sites is 2. The van der Waals surface area contributed by atoms with Crippen LogP contribution in [0.3, 0.4) is 0 Å². The monoisotopic (exact) mass is 672 g/mol. The fourth-order valence-electron chi connectivity index (χ4n) is 8.74. The number of furan rings is 1. The summed E-state index contributed by atoms with van der Waals surface area (Å²) < 4.78 is 6.73. The second-order valence-electron chi connectivity index (χ2n) is 13.9. The Kier molecular flexibility index (Phi) is 6.62. The number of benzene rings is 10. The highest BCUT2D eigenvalue weighted by Gasteiger charge is 2.23. The molecule has 53 heavy (non-hydrogen) atoms. The van der Waals surface area contributed by atoms with Crippen LogP contribution in [0.25, 0.3) is 110 Å². The number of hydrogen-bond donors (Lipinski definition) is 0. The zero-order valence-corrected chi connectivity index (χ0v) is 28.9. The Bertz CT molecular complexity index is 3230. The molecule has 0 atom stereocenters. The van der Waals surface area contributed by atoms with E-state index >= 15 is 0 Å². The quantitative estimate of drug-likeness (QED) is 0.170. The molecule has 0 aliphatic carbocycles. The topological polar surface area (TPSA) is 13.1 Å². The highest BCUT2D eigenvalue weighted by Crippen LogP contribution is 2.51. The van der Waals surface area contributed by atoms with Gasteiger partial charge in [0.15, 0.2) is 0 Å². The Morgan fingerprint density at radius 3 is 1.68 bits per heavy atom. The smallest absolute Gasteiger partial charge is 0.143 e. The molecule has 11 aromatic rings. The lowest BCUT2D eigenvalue weighted by Gasteiger charge is -2.22. The van der Waals surface area contributed by atoms with Crippen LogP contribution in [0.2, 0.25) is 0 Å². The standard InChI is InChI=1S/C52H32O/c1-2-16-35-32-36(31-30-33(35)14-1)38-19-5-6-21-41(38)50-43-23-8-7-22-42(43)49(40-24-11-17-34-15-3-4-18-37(34)40)47-28-12-25-44(51(47)50)46-27-13-26-45-39-20-9-10-29-48(39)53-52(45)46/h1-32H. The molecule has 0 saturated heterocycles. The fraction of sp³-hybridized carbons (Fsp3) is 0. The van der Waals surface area contributed by atoms with Crippen molar-refractivity contribution in [2.24, 2.45) is 0 Å². The largest absolute Gasteiger partial charge is 0.455 e. The zero-order chi connectivity index (χ0) is 34.9. The van der Waals surface area contributed by atoms with Gasteiger partial charge in [0, 0.05) is 16.3 Å². The van der Waals surface area contributed by atoms with Gasteiger partial charge in [0.05, 0.1) is 0 Å². The molecule has 0 aliphatic rings. The van der Waals surface area contributed by atoms with E-state index in [9.17, 15) is 0 Å². The second kappa shape index (κ2) is 11.8. The highest BCUT2D eigenvalue weighted by atomic mass is 16.3. The van der Waals surface area contributed by atoms with Crippen LogP contribution in [-0.4, -0.2) is 0 Å². The molecule has 10 aromatic carbocycles. The van der Waals surface area contributed by atoms with Crippen LogP contribution < -0.4 is 0 Å². The molecular formula is C52H32O. The number of rotatable bonds is 4. The molecule has 0 amide bonds. The maximum Gasteiger partial charge on any atom is 0.143 e. The van der Waals surface area contributed by atoms with Gasteiger partial charge in [-0.05, 0) is 94.2 Å². The van der Waals surface area contributed by atoms with E-state index in [-0.39, 0.29) is 0 Å². The van der Waals surface area contributed by atoms with Crippen LogP contribution in [0, 0.1) is 0 Å². The third-order valence-electron chi connectivity index (χ3n) is 11.1. The van der Waals surface area contributed by atoms with E-state index in [1.165, 1.54) is 76.5 Å². The molecule has 0 saturated carbocycles. The van der Waals surface area contributed by atoms with Crippen molar-refractivity contribution in [2.45, 2.75) is 0 Å². The van der Waals surface area contributed by atoms with Crippen LogP contribution in [0.1, 0.15) is 0 Å². The Morgan fingerprint density at radius 1 is 0.283 bits per heavy atom. The third kappa shape index (κ3) is 4.58. The Morgan fingerprint density at radius 2 is 0.830 bits per heavy atom. The van der Waals surface area contributed by atoms with Crippen molar-refractivity contribution in [1.82, 2.24) is 0 Å². The van der Waals surface area contributed by atoms with E-state index in [0.717, 1.165) is 33.1 Å². The molecule has 1 aromatic heterocycles. The summed E-state index contributed by atoms with van der Waals surface area (Å²) in [6.45, 7) is 0. The predicted octanol–water partition coefficient (Wildman–Crippen LogP) is 14.9. The summed E-state index contributed by atoms with van der Waals surface area (Å²) in [5, 5.41) is 12.1. The van der Waals surface area contributed by atoms with E-state index in [0.29, 0.717) is 0 Å². The van der Waals surface area contributed by atoms with E-state index < -0.39 is 0 Å². The van der Waals surface area contributed by atoms with E-state index in [2.05, 4.69) is 188 Å². The lowest BCUT2D eigenvalue weighted by Crippen LogP contribution is -1.95. The first kappa shape index (κ1) is 29.7. The Labute approximate surface area is 307 Å². The van der Waals surface area contributed by atoms with Crippen molar-refractivity contribution >= 4 is 65.0 Å². The maximum absolute atomic E-state index is 6.73. The molecule has 1 nitrogen and oxygen atoms in total. The Balaban J connectivity index is 1.33.